The lowest BCUT2D eigenvalue weighted by Gasteiger charge is -2.40. The highest BCUT2D eigenvalue weighted by Crippen LogP contribution is 2.39. The minimum atomic E-state index is -0.751. The summed E-state index contributed by atoms with van der Waals surface area (Å²) < 4.78 is 17.3. The van der Waals surface area contributed by atoms with Gasteiger partial charge in [0.1, 0.15) is 23.1 Å². The predicted octanol–water partition coefficient (Wildman–Crippen LogP) is 5.65. The first-order valence-electron chi connectivity index (χ1n) is 13.4. The van der Waals surface area contributed by atoms with E-state index in [0.29, 0.717) is 31.0 Å². The molecule has 4 aromatic rings. The quantitative estimate of drug-likeness (QED) is 0.291. The van der Waals surface area contributed by atoms with Crippen molar-refractivity contribution in [3.05, 3.63) is 80.7 Å². The number of rotatable bonds is 5. The maximum atomic E-state index is 16.0. The second-order valence-corrected chi connectivity index (χ2v) is 11.4. The fraction of sp³-hybridized carbons (Fsp3) is 0.300. The van der Waals surface area contributed by atoms with Gasteiger partial charge in [-0.15, -0.1) is 0 Å². The predicted molar refractivity (Wildman–Crippen MR) is 162 cm³/mol. The molecule has 0 aliphatic carbocycles. The smallest absolute Gasteiger partial charge is 0.355 e. The van der Waals surface area contributed by atoms with Gasteiger partial charge in [-0.1, -0.05) is 43.6 Å². The van der Waals surface area contributed by atoms with Crippen molar-refractivity contribution in [2.24, 2.45) is 0 Å². The number of nitrogens with zero attached hydrogens (tertiary/aromatic N) is 6. The van der Waals surface area contributed by atoms with Crippen LogP contribution in [0.4, 0.5) is 10.2 Å². The molecule has 1 saturated heterocycles. The molecule has 1 atom stereocenters. The first-order valence-corrected chi connectivity index (χ1v) is 14.1. The highest BCUT2D eigenvalue weighted by Gasteiger charge is 2.31. The van der Waals surface area contributed by atoms with Crippen LogP contribution in [0.2, 0.25) is 10.0 Å². The van der Waals surface area contributed by atoms with Crippen LogP contribution in [0.3, 0.4) is 0 Å². The summed E-state index contributed by atoms with van der Waals surface area (Å²) in [6.45, 7) is 12.3. The Bertz CT molecular complexity index is 1810. The zero-order valence-corrected chi connectivity index (χ0v) is 25.0. The van der Waals surface area contributed by atoms with E-state index >= 15 is 4.39 Å². The summed E-state index contributed by atoms with van der Waals surface area (Å²) in [5.74, 6) is -0.979. The summed E-state index contributed by atoms with van der Waals surface area (Å²) in [6.07, 6.45) is 2.93. The number of pyridine rings is 2. The molecule has 0 radical (unpaired) electrons. The van der Waals surface area contributed by atoms with Gasteiger partial charge in [0.25, 0.3) is 0 Å². The molecule has 0 bridgehead atoms. The van der Waals surface area contributed by atoms with Crippen molar-refractivity contribution in [3.8, 4) is 22.7 Å². The number of carbonyl (C=O) groups is 1. The van der Waals surface area contributed by atoms with E-state index in [4.69, 9.17) is 23.2 Å². The number of aromatic hydroxyl groups is 1. The van der Waals surface area contributed by atoms with Crippen molar-refractivity contribution >= 4 is 46.0 Å². The van der Waals surface area contributed by atoms with Crippen molar-refractivity contribution in [1.82, 2.24) is 24.4 Å². The molecule has 3 aromatic heterocycles. The number of amides is 1. The summed E-state index contributed by atoms with van der Waals surface area (Å²) in [5, 5.41) is 10.5. The Hall–Kier alpha value is -4.02. The second-order valence-electron chi connectivity index (χ2n) is 10.6. The number of hydrogen-bond acceptors (Lipinski definition) is 7. The van der Waals surface area contributed by atoms with Gasteiger partial charge in [0, 0.05) is 43.5 Å². The lowest BCUT2D eigenvalue weighted by atomic mass is 10.0. The lowest BCUT2D eigenvalue weighted by molar-refractivity contribution is -0.126. The van der Waals surface area contributed by atoms with Crippen LogP contribution in [0.15, 0.2) is 47.9 Å². The zero-order valence-electron chi connectivity index (χ0n) is 23.5. The molecule has 5 rings (SSSR count). The first-order chi connectivity index (χ1) is 19.9. The number of piperazine rings is 1. The molecule has 218 valence electrons. The third-order valence-electron chi connectivity index (χ3n) is 7.38. The van der Waals surface area contributed by atoms with E-state index < -0.39 is 11.5 Å². The van der Waals surface area contributed by atoms with E-state index in [9.17, 15) is 14.7 Å². The summed E-state index contributed by atoms with van der Waals surface area (Å²) >= 11 is 12.6. The molecule has 42 heavy (non-hydrogen) atoms. The molecule has 1 aliphatic heterocycles. The molecule has 1 amide bonds. The Balaban J connectivity index is 1.84. The van der Waals surface area contributed by atoms with Crippen LogP contribution in [0, 0.1) is 12.7 Å². The second kappa shape index (κ2) is 11.3. The van der Waals surface area contributed by atoms with Gasteiger partial charge >= 0.3 is 5.69 Å². The third-order valence-corrected chi connectivity index (χ3v) is 8.18. The van der Waals surface area contributed by atoms with Crippen LogP contribution in [-0.4, -0.2) is 61.1 Å². The molecular weight excluding hydrogens is 582 g/mol. The molecular formula is C30H29Cl2FN6O3. The highest BCUT2D eigenvalue weighted by atomic mass is 35.5. The molecule has 9 nitrogen and oxygen atoms in total. The number of aryl methyl sites for hydroxylation is 1. The van der Waals surface area contributed by atoms with Crippen molar-refractivity contribution in [1.29, 1.82) is 0 Å². The number of phenols is 1. The third kappa shape index (κ3) is 5.09. The van der Waals surface area contributed by atoms with E-state index in [1.807, 2.05) is 32.6 Å². The van der Waals surface area contributed by atoms with Gasteiger partial charge in [-0.05, 0) is 49.6 Å². The number of fused-ring (bicyclic) bond motifs is 1. The number of carbonyl (C=O) groups excluding carboxylic acids is 1. The van der Waals surface area contributed by atoms with E-state index in [1.165, 1.54) is 28.8 Å². The van der Waals surface area contributed by atoms with Gasteiger partial charge < -0.3 is 14.9 Å². The molecule has 0 unspecified atom stereocenters. The van der Waals surface area contributed by atoms with Crippen molar-refractivity contribution in [2.45, 2.75) is 39.7 Å². The van der Waals surface area contributed by atoms with Gasteiger partial charge in [0.05, 0.1) is 26.8 Å². The molecule has 1 aromatic carbocycles. The van der Waals surface area contributed by atoms with Gasteiger partial charge in [0.15, 0.2) is 5.65 Å². The fourth-order valence-electron chi connectivity index (χ4n) is 5.35. The maximum Gasteiger partial charge on any atom is 0.355 e. The van der Waals surface area contributed by atoms with Gasteiger partial charge in [-0.3, -0.25) is 9.78 Å². The highest BCUT2D eigenvalue weighted by molar-refractivity contribution is 6.43. The standard InChI is InChI=1S/C30H29Cl2FN6O3/c1-6-23(41)37-9-10-38(17(5)14-37)28-20-13-22(33)26(19-11-18(40)12-21(31)24(19)32)35-29(20)39(30(42)36-28)27-16(4)7-8-34-25(27)15(2)3/h6-8,11-13,15,17,40H,1,9-10,14H2,2-5H3/t17-/m0/s1. The van der Waals surface area contributed by atoms with E-state index in [0.717, 1.165) is 5.56 Å². The number of halogens is 3. The van der Waals surface area contributed by atoms with Crippen LogP contribution in [0.5, 0.6) is 5.75 Å². The Morgan fingerprint density at radius 3 is 2.62 bits per heavy atom. The first kappa shape index (κ1) is 29.5. The average molecular weight is 612 g/mol. The maximum absolute atomic E-state index is 16.0. The van der Waals surface area contributed by atoms with E-state index in [-0.39, 0.29) is 61.8 Å². The Kier molecular flexibility index (Phi) is 7.96. The van der Waals surface area contributed by atoms with Crippen LogP contribution < -0.4 is 10.6 Å². The number of aromatic nitrogens is 4. The number of phenolic OH excluding ortho intramolecular Hbond substituents is 1. The monoisotopic (exact) mass is 610 g/mol. The molecule has 12 heteroatoms. The normalized spacial score (nSPS) is 15.5. The zero-order chi connectivity index (χ0) is 30.5. The van der Waals surface area contributed by atoms with Crippen LogP contribution in [0.1, 0.15) is 37.9 Å². The molecule has 0 saturated carbocycles. The number of hydrogen-bond donors (Lipinski definition) is 1. The Labute approximate surface area is 251 Å². The Morgan fingerprint density at radius 1 is 1.21 bits per heavy atom. The van der Waals surface area contributed by atoms with Crippen molar-refractivity contribution in [3.63, 3.8) is 0 Å². The lowest BCUT2D eigenvalue weighted by Crippen LogP contribution is -2.54. The molecule has 1 aliphatic rings. The molecule has 0 spiro atoms. The molecule has 1 fully saturated rings. The van der Waals surface area contributed by atoms with Crippen molar-refractivity contribution < 1.29 is 14.3 Å². The number of anilines is 1. The SMILES string of the molecule is C=CC(=O)N1CCN(c2nc(=O)n(-c3c(C)ccnc3C(C)C)c3nc(-c4cc(O)cc(Cl)c4Cl)c(F)cc23)[C@@H](C)C1. The van der Waals surface area contributed by atoms with Gasteiger partial charge in [-0.25, -0.2) is 18.7 Å². The fourth-order valence-corrected chi connectivity index (χ4v) is 5.76. The summed E-state index contributed by atoms with van der Waals surface area (Å²) in [6, 6.07) is 5.31. The van der Waals surface area contributed by atoms with Crippen molar-refractivity contribution in [2.75, 3.05) is 24.5 Å². The molecule has 1 N–H and O–H groups in total. The topological polar surface area (TPSA) is 104 Å². The van der Waals surface area contributed by atoms with E-state index in [2.05, 4.69) is 21.5 Å². The van der Waals surface area contributed by atoms with Gasteiger partial charge in [0.2, 0.25) is 5.91 Å². The minimum absolute atomic E-state index is 0.000418. The van der Waals surface area contributed by atoms with Crippen LogP contribution in [-0.2, 0) is 4.79 Å². The largest absolute Gasteiger partial charge is 0.508 e. The number of benzene rings is 1. The average Bonchev–Trinajstić information content (AvgIpc) is 2.94. The molecule has 4 heterocycles. The summed E-state index contributed by atoms with van der Waals surface area (Å²) in [4.78, 5) is 43.4. The summed E-state index contributed by atoms with van der Waals surface area (Å²) in [5.41, 5.74) is 1.27. The van der Waals surface area contributed by atoms with Crippen LogP contribution >= 0.6 is 23.2 Å². The van der Waals surface area contributed by atoms with Gasteiger partial charge in [-0.2, -0.15) is 4.98 Å². The van der Waals surface area contributed by atoms with E-state index in [1.54, 1.807) is 17.2 Å². The minimum Gasteiger partial charge on any atom is -0.508 e. The summed E-state index contributed by atoms with van der Waals surface area (Å²) in [7, 11) is 0. The Morgan fingerprint density at radius 2 is 1.95 bits per heavy atom. The van der Waals surface area contributed by atoms with Crippen LogP contribution in [0.25, 0.3) is 28.0 Å².